The van der Waals surface area contributed by atoms with Gasteiger partial charge in [0.15, 0.2) is 0 Å². The SMILES string of the molecule is CNC(=O)Nc1scc(C(C)(C)C)c1C#N. The highest BCUT2D eigenvalue weighted by Crippen LogP contribution is 2.35. The van der Waals surface area contributed by atoms with Crippen LogP contribution in [0.5, 0.6) is 0 Å². The molecule has 0 spiro atoms. The zero-order valence-corrected chi connectivity index (χ0v) is 10.7. The summed E-state index contributed by atoms with van der Waals surface area (Å²) in [4.78, 5) is 11.2. The Morgan fingerprint density at radius 3 is 2.56 bits per heavy atom. The fourth-order valence-electron chi connectivity index (χ4n) is 1.28. The molecular weight excluding hydrogens is 222 g/mol. The van der Waals surface area contributed by atoms with Gasteiger partial charge in [-0.15, -0.1) is 11.3 Å². The molecule has 1 heterocycles. The van der Waals surface area contributed by atoms with Crippen molar-refractivity contribution in [3.8, 4) is 6.07 Å². The highest BCUT2D eigenvalue weighted by Gasteiger charge is 2.22. The number of nitriles is 1. The Labute approximate surface area is 99.3 Å². The summed E-state index contributed by atoms with van der Waals surface area (Å²) in [7, 11) is 1.54. The molecule has 86 valence electrons. The zero-order valence-electron chi connectivity index (χ0n) is 9.84. The minimum absolute atomic E-state index is 0.0931. The average molecular weight is 237 g/mol. The van der Waals surface area contributed by atoms with Crippen molar-refractivity contribution in [2.75, 3.05) is 12.4 Å². The van der Waals surface area contributed by atoms with E-state index in [9.17, 15) is 4.79 Å². The summed E-state index contributed by atoms with van der Waals surface area (Å²) in [6.45, 7) is 6.12. The number of rotatable bonds is 1. The number of nitrogens with one attached hydrogen (secondary N) is 2. The summed E-state index contributed by atoms with van der Waals surface area (Å²) in [6, 6.07) is 1.84. The molecule has 5 heteroatoms. The summed E-state index contributed by atoms with van der Waals surface area (Å²) in [5.74, 6) is 0. The number of nitrogens with zero attached hydrogens (tertiary/aromatic N) is 1. The fraction of sp³-hybridized carbons (Fsp3) is 0.455. The van der Waals surface area contributed by atoms with Crippen LogP contribution in [-0.2, 0) is 5.41 Å². The van der Waals surface area contributed by atoms with Crippen LogP contribution in [0.1, 0.15) is 31.9 Å². The molecule has 4 nitrogen and oxygen atoms in total. The lowest BCUT2D eigenvalue weighted by Crippen LogP contribution is -2.24. The number of hydrogen-bond acceptors (Lipinski definition) is 3. The first kappa shape index (κ1) is 12.5. The van der Waals surface area contributed by atoms with E-state index in [0.29, 0.717) is 10.6 Å². The van der Waals surface area contributed by atoms with Crippen LogP contribution in [0, 0.1) is 11.3 Å². The van der Waals surface area contributed by atoms with Crippen molar-refractivity contribution in [2.45, 2.75) is 26.2 Å². The number of carbonyl (C=O) groups is 1. The third-order valence-corrected chi connectivity index (χ3v) is 3.06. The second-order valence-corrected chi connectivity index (χ2v) is 5.30. The van der Waals surface area contributed by atoms with Gasteiger partial charge in [0.2, 0.25) is 0 Å². The first-order chi connectivity index (χ1) is 7.40. The molecule has 1 aromatic rings. The monoisotopic (exact) mass is 237 g/mol. The van der Waals surface area contributed by atoms with E-state index in [1.54, 1.807) is 7.05 Å². The van der Waals surface area contributed by atoms with Gasteiger partial charge in [-0.2, -0.15) is 5.26 Å². The predicted octanol–water partition coefficient (Wildman–Crippen LogP) is 2.67. The molecule has 0 atom stereocenters. The Hall–Kier alpha value is -1.54. The van der Waals surface area contributed by atoms with E-state index in [-0.39, 0.29) is 11.4 Å². The predicted molar refractivity (Wildman–Crippen MR) is 65.8 cm³/mol. The average Bonchev–Trinajstić information content (AvgIpc) is 2.60. The molecule has 0 saturated heterocycles. The van der Waals surface area contributed by atoms with Crippen LogP contribution in [0.25, 0.3) is 0 Å². The highest BCUT2D eigenvalue weighted by molar-refractivity contribution is 7.14. The van der Waals surface area contributed by atoms with Gasteiger partial charge in [-0.1, -0.05) is 20.8 Å². The molecule has 0 aliphatic rings. The number of anilines is 1. The third-order valence-electron chi connectivity index (χ3n) is 2.16. The molecule has 0 aliphatic carbocycles. The quantitative estimate of drug-likeness (QED) is 0.788. The van der Waals surface area contributed by atoms with Crippen molar-refractivity contribution < 1.29 is 4.79 Å². The molecule has 0 saturated carbocycles. The van der Waals surface area contributed by atoms with Gasteiger partial charge in [-0.25, -0.2) is 4.79 Å². The summed E-state index contributed by atoms with van der Waals surface area (Å²) in [6.07, 6.45) is 0. The van der Waals surface area contributed by atoms with Crippen molar-refractivity contribution in [3.63, 3.8) is 0 Å². The molecule has 0 fully saturated rings. The molecule has 0 aliphatic heterocycles. The number of carbonyl (C=O) groups excluding carboxylic acids is 1. The van der Waals surface area contributed by atoms with E-state index in [1.807, 2.05) is 26.2 Å². The van der Waals surface area contributed by atoms with Gasteiger partial charge in [0.1, 0.15) is 11.1 Å². The first-order valence-corrected chi connectivity index (χ1v) is 5.79. The molecule has 2 N–H and O–H groups in total. The van der Waals surface area contributed by atoms with Crippen molar-refractivity contribution >= 4 is 22.4 Å². The molecule has 1 rings (SSSR count). The minimum Gasteiger partial charge on any atom is -0.341 e. The molecule has 0 bridgehead atoms. The van der Waals surface area contributed by atoms with Crippen molar-refractivity contribution in [3.05, 3.63) is 16.5 Å². The van der Waals surface area contributed by atoms with Gasteiger partial charge in [0, 0.05) is 7.05 Å². The van der Waals surface area contributed by atoms with Crippen LogP contribution in [-0.4, -0.2) is 13.1 Å². The number of thiophene rings is 1. The van der Waals surface area contributed by atoms with Gasteiger partial charge in [0.25, 0.3) is 0 Å². The number of hydrogen-bond donors (Lipinski definition) is 2. The minimum atomic E-state index is -0.307. The lowest BCUT2D eigenvalue weighted by atomic mass is 9.86. The topological polar surface area (TPSA) is 64.9 Å². The van der Waals surface area contributed by atoms with E-state index in [2.05, 4.69) is 16.7 Å². The van der Waals surface area contributed by atoms with Crippen LogP contribution < -0.4 is 10.6 Å². The smallest absolute Gasteiger partial charge is 0.319 e. The molecule has 0 aromatic carbocycles. The van der Waals surface area contributed by atoms with Gasteiger partial charge < -0.3 is 5.32 Å². The van der Waals surface area contributed by atoms with Crippen LogP contribution in [0.4, 0.5) is 9.80 Å². The second-order valence-electron chi connectivity index (χ2n) is 4.42. The van der Waals surface area contributed by atoms with Crippen LogP contribution in [0.15, 0.2) is 5.38 Å². The van der Waals surface area contributed by atoms with Gasteiger partial charge in [-0.05, 0) is 16.4 Å². The number of urea groups is 1. The van der Waals surface area contributed by atoms with Crippen LogP contribution in [0.2, 0.25) is 0 Å². The van der Waals surface area contributed by atoms with Gasteiger partial charge in [0.05, 0.1) is 5.56 Å². The molecule has 1 aromatic heterocycles. The lowest BCUT2D eigenvalue weighted by Gasteiger charge is -2.17. The first-order valence-electron chi connectivity index (χ1n) is 4.91. The molecule has 16 heavy (non-hydrogen) atoms. The normalized spacial score (nSPS) is 10.7. The van der Waals surface area contributed by atoms with Crippen molar-refractivity contribution in [2.24, 2.45) is 0 Å². The Bertz CT molecular complexity index is 437. The zero-order chi connectivity index (χ0) is 12.3. The molecule has 2 amide bonds. The van der Waals surface area contributed by atoms with Crippen LogP contribution >= 0.6 is 11.3 Å². The summed E-state index contributed by atoms with van der Waals surface area (Å²) < 4.78 is 0. The third kappa shape index (κ3) is 2.52. The second kappa shape index (κ2) is 4.54. The standard InChI is InChI=1S/C11H15N3OS/c1-11(2,3)8-6-16-9(7(8)5-12)14-10(15)13-4/h6H,1-4H3,(H2,13,14,15). The van der Waals surface area contributed by atoms with Crippen LogP contribution in [0.3, 0.4) is 0 Å². The maximum absolute atomic E-state index is 11.2. The van der Waals surface area contributed by atoms with E-state index < -0.39 is 0 Å². The maximum atomic E-state index is 11.2. The Morgan fingerprint density at radius 2 is 2.12 bits per heavy atom. The van der Waals surface area contributed by atoms with Gasteiger partial charge in [-0.3, -0.25) is 5.32 Å². The Morgan fingerprint density at radius 1 is 1.50 bits per heavy atom. The van der Waals surface area contributed by atoms with E-state index >= 15 is 0 Å². The Balaban J connectivity index is 3.11. The summed E-state index contributed by atoms with van der Waals surface area (Å²) in [5, 5.41) is 16.8. The summed E-state index contributed by atoms with van der Waals surface area (Å²) >= 11 is 1.38. The van der Waals surface area contributed by atoms with Crippen molar-refractivity contribution in [1.82, 2.24) is 5.32 Å². The van der Waals surface area contributed by atoms with Crippen molar-refractivity contribution in [1.29, 1.82) is 5.26 Å². The van der Waals surface area contributed by atoms with E-state index in [0.717, 1.165) is 5.56 Å². The molecule has 0 unspecified atom stereocenters. The Kier molecular flexibility index (Phi) is 3.55. The lowest BCUT2D eigenvalue weighted by molar-refractivity contribution is 0.254. The van der Waals surface area contributed by atoms with E-state index in [1.165, 1.54) is 11.3 Å². The molecule has 0 radical (unpaired) electrons. The van der Waals surface area contributed by atoms with E-state index in [4.69, 9.17) is 5.26 Å². The molecular formula is C11H15N3OS. The highest BCUT2D eigenvalue weighted by atomic mass is 32.1. The largest absolute Gasteiger partial charge is 0.341 e. The fourth-order valence-corrected chi connectivity index (χ4v) is 2.41. The maximum Gasteiger partial charge on any atom is 0.319 e. The van der Waals surface area contributed by atoms with Gasteiger partial charge >= 0.3 is 6.03 Å². The number of amides is 2. The summed E-state index contributed by atoms with van der Waals surface area (Å²) in [5.41, 5.74) is 1.43.